The van der Waals surface area contributed by atoms with E-state index >= 15 is 0 Å². The van der Waals surface area contributed by atoms with Crippen molar-refractivity contribution in [2.75, 3.05) is 31.1 Å². The Balaban J connectivity index is 1.43. The van der Waals surface area contributed by atoms with Gasteiger partial charge in [0.05, 0.1) is 27.0 Å². The van der Waals surface area contributed by atoms with Gasteiger partial charge in [-0.1, -0.05) is 41.4 Å². The topological polar surface area (TPSA) is 41.4 Å². The van der Waals surface area contributed by atoms with Gasteiger partial charge < -0.3 is 9.80 Å². The lowest BCUT2D eigenvalue weighted by atomic mass is 10.0. The second-order valence-corrected chi connectivity index (χ2v) is 10.4. The van der Waals surface area contributed by atoms with E-state index in [2.05, 4.69) is 0 Å². The van der Waals surface area contributed by atoms with Crippen LogP contribution in [0.15, 0.2) is 66.7 Å². The normalized spacial score (nSPS) is 14.1. The first-order valence-electron chi connectivity index (χ1n) is 12.4. The summed E-state index contributed by atoms with van der Waals surface area (Å²) >= 11 is 12.4. The van der Waals surface area contributed by atoms with E-state index in [1.807, 2.05) is 36.9 Å². The van der Waals surface area contributed by atoms with Crippen molar-refractivity contribution in [3.8, 4) is 16.9 Å². The number of aromatic nitrogens is 2. The van der Waals surface area contributed by atoms with Crippen LogP contribution in [0.3, 0.4) is 0 Å². The number of piperazine rings is 1. The third-order valence-electron chi connectivity index (χ3n) is 6.98. The maximum Gasteiger partial charge on any atom is 0.416 e. The summed E-state index contributed by atoms with van der Waals surface area (Å²) in [6, 6.07) is 18.1. The minimum absolute atomic E-state index is 0.229. The molecule has 0 atom stereocenters. The standard InChI is InChI=1S/C29H25Cl2F3N4O/c1-18-6-7-20(14-19(18)2)26-17-27(38(35-26)23-8-9-24(30)25(31)16-23)28(39)37-12-10-36(11-13-37)22-5-3-4-21(15-22)29(32,33)34/h3-9,14-17H,10-13H2,1-2H3. The first kappa shape index (κ1) is 27.1. The van der Waals surface area contributed by atoms with E-state index in [1.165, 1.54) is 6.07 Å². The molecule has 2 heterocycles. The van der Waals surface area contributed by atoms with Crippen molar-refractivity contribution in [2.45, 2.75) is 20.0 Å². The second-order valence-electron chi connectivity index (χ2n) is 9.55. The van der Waals surface area contributed by atoms with E-state index in [-0.39, 0.29) is 5.91 Å². The Bertz CT molecular complexity index is 1540. The minimum atomic E-state index is -4.41. The first-order valence-corrected chi connectivity index (χ1v) is 13.1. The van der Waals surface area contributed by atoms with Crippen molar-refractivity contribution in [3.05, 3.63) is 99.2 Å². The van der Waals surface area contributed by atoms with Crippen molar-refractivity contribution < 1.29 is 18.0 Å². The molecule has 1 amide bonds. The number of rotatable bonds is 4. The van der Waals surface area contributed by atoms with E-state index < -0.39 is 11.7 Å². The lowest BCUT2D eigenvalue weighted by Gasteiger charge is -2.36. The molecule has 0 saturated carbocycles. The monoisotopic (exact) mass is 572 g/mol. The van der Waals surface area contributed by atoms with E-state index in [0.717, 1.165) is 28.8 Å². The molecule has 0 unspecified atom stereocenters. The lowest BCUT2D eigenvalue weighted by Crippen LogP contribution is -2.49. The van der Waals surface area contributed by atoms with E-state index in [9.17, 15) is 18.0 Å². The molecule has 1 aliphatic rings. The molecule has 1 aromatic heterocycles. The number of aryl methyl sites for hydroxylation is 2. The molecule has 5 nitrogen and oxygen atoms in total. The summed E-state index contributed by atoms with van der Waals surface area (Å²) in [6.07, 6.45) is -4.41. The van der Waals surface area contributed by atoms with Crippen molar-refractivity contribution in [2.24, 2.45) is 0 Å². The number of anilines is 1. The van der Waals surface area contributed by atoms with Crippen LogP contribution in [0, 0.1) is 13.8 Å². The van der Waals surface area contributed by atoms with E-state index in [4.69, 9.17) is 28.3 Å². The SMILES string of the molecule is Cc1ccc(-c2cc(C(=O)N3CCN(c4cccc(C(F)(F)F)c4)CC3)n(-c3ccc(Cl)c(Cl)c3)n2)cc1C. The fourth-order valence-electron chi connectivity index (χ4n) is 4.60. The number of hydrogen-bond acceptors (Lipinski definition) is 3. The summed E-state index contributed by atoms with van der Waals surface area (Å²) in [5, 5.41) is 5.48. The van der Waals surface area contributed by atoms with Gasteiger partial charge in [0.15, 0.2) is 0 Å². The molecule has 0 aliphatic carbocycles. The fourth-order valence-corrected chi connectivity index (χ4v) is 4.89. The van der Waals surface area contributed by atoms with Gasteiger partial charge in [0.25, 0.3) is 5.91 Å². The summed E-state index contributed by atoms with van der Waals surface area (Å²) in [5.74, 6) is -0.229. The van der Waals surface area contributed by atoms with Gasteiger partial charge in [0, 0.05) is 37.4 Å². The molecule has 0 N–H and O–H groups in total. The Labute approximate surface area is 234 Å². The molecule has 1 aliphatic heterocycles. The van der Waals surface area contributed by atoms with Crippen LogP contribution in [0.5, 0.6) is 0 Å². The number of nitrogens with zero attached hydrogens (tertiary/aromatic N) is 4. The highest BCUT2D eigenvalue weighted by Crippen LogP contribution is 2.32. The van der Waals surface area contributed by atoms with Crippen LogP contribution < -0.4 is 4.90 Å². The number of carbonyl (C=O) groups excluding carboxylic acids is 1. The summed E-state index contributed by atoms with van der Waals surface area (Å²) in [5.41, 5.74) is 4.50. The van der Waals surface area contributed by atoms with Gasteiger partial charge >= 0.3 is 6.18 Å². The van der Waals surface area contributed by atoms with Crippen LogP contribution in [-0.4, -0.2) is 46.8 Å². The van der Waals surface area contributed by atoms with Crippen LogP contribution in [0.25, 0.3) is 16.9 Å². The number of amides is 1. The zero-order valence-corrected chi connectivity index (χ0v) is 22.8. The van der Waals surface area contributed by atoms with Crippen molar-refractivity contribution in [3.63, 3.8) is 0 Å². The smallest absolute Gasteiger partial charge is 0.368 e. The fraction of sp³-hybridized carbons (Fsp3) is 0.241. The molecular formula is C29H25Cl2F3N4O. The van der Waals surface area contributed by atoms with Crippen LogP contribution in [-0.2, 0) is 6.18 Å². The molecule has 1 fully saturated rings. The highest BCUT2D eigenvalue weighted by Gasteiger charge is 2.32. The van der Waals surface area contributed by atoms with Gasteiger partial charge in [0.2, 0.25) is 0 Å². The summed E-state index contributed by atoms with van der Waals surface area (Å²) in [7, 11) is 0. The van der Waals surface area contributed by atoms with Crippen molar-refractivity contribution >= 4 is 34.8 Å². The second kappa shape index (κ2) is 10.6. The van der Waals surface area contributed by atoms with Gasteiger partial charge in [-0.15, -0.1) is 0 Å². The molecule has 4 aromatic rings. The third kappa shape index (κ3) is 5.63. The van der Waals surface area contributed by atoms with Gasteiger partial charge in [-0.25, -0.2) is 4.68 Å². The zero-order chi connectivity index (χ0) is 27.9. The first-order chi connectivity index (χ1) is 18.5. The molecule has 5 rings (SSSR count). The molecule has 3 aromatic carbocycles. The third-order valence-corrected chi connectivity index (χ3v) is 7.72. The minimum Gasteiger partial charge on any atom is -0.368 e. The van der Waals surface area contributed by atoms with Crippen molar-refractivity contribution in [1.82, 2.24) is 14.7 Å². The van der Waals surface area contributed by atoms with Gasteiger partial charge in [0.1, 0.15) is 5.69 Å². The number of carbonyl (C=O) groups is 1. The summed E-state index contributed by atoms with van der Waals surface area (Å²) in [6.45, 7) is 5.54. The Morgan fingerprint density at radius 2 is 1.56 bits per heavy atom. The van der Waals surface area contributed by atoms with Crippen LogP contribution in [0.2, 0.25) is 10.0 Å². The molecule has 1 saturated heterocycles. The number of halogens is 5. The lowest BCUT2D eigenvalue weighted by molar-refractivity contribution is -0.137. The summed E-state index contributed by atoms with van der Waals surface area (Å²) < 4.78 is 41.1. The van der Waals surface area contributed by atoms with Crippen LogP contribution in [0.4, 0.5) is 18.9 Å². The Morgan fingerprint density at radius 3 is 2.23 bits per heavy atom. The highest BCUT2D eigenvalue weighted by atomic mass is 35.5. The number of alkyl halides is 3. The zero-order valence-electron chi connectivity index (χ0n) is 21.3. The average molecular weight is 573 g/mol. The maximum atomic E-state index is 13.8. The van der Waals surface area contributed by atoms with Gasteiger partial charge in [-0.3, -0.25) is 4.79 Å². The predicted molar refractivity (Wildman–Crippen MR) is 148 cm³/mol. The molecule has 0 radical (unpaired) electrons. The van der Waals surface area contributed by atoms with Crippen LogP contribution in [0.1, 0.15) is 27.2 Å². The van der Waals surface area contributed by atoms with Gasteiger partial charge in [-0.2, -0.15) is 18.3 Å². The summed E-state index contributed by atoms with van der Waals surface area (Å²) in [4.78, 5) is 17.3. The van der Waals surface area contributed by atoms with E-state index in [1.54, 1.807) is 39.9 Å². The maximum absolute atomic E-state index is 13.8. The molecule has 10 heteroatoms. The number of benzene rings is 3. The molecule has 202 valence electrons. The largest absolute Gasteiger partial charge is 0.416 e. The molecule has 0 spiro atoms. The quantitative estimate of drug-likeness (QED) is 0.255. The Kier molecular flexibility index (Phi) is 7.35. The average Bonchev–Trinajstić information content (AvgIpc) is 3.36. The van der Waals surface area contributed by atoms with Crippen molar-refractivity contribution in [1.29, 1.82) is 0 Å². The number of hydrogen-bond donors (Lipinski definition) is 0. The van der Waals surface area contributed by atoms with Gasteiger partial charge in [-0.05, 0) is 73.5 Å². The van der Waals surface area contributed by atoms with Crippen LogP contribution >= 0.6 is 23.2 Å². The Hall–Kier alpha value is -3.49. The molecule has 39 heavy (non-hydrogen) atoms. The predicted octanol–water partition coefficient (Wildman–Crippen LogP) is 7.44. The molecule has 0 bridgehead atoms. The van der Waals surface area contributed by atoms with E-state index in [0.29, 0.717) is 59.0 Å². The molecular weight excluding hydrogens is 548 g/mol. The Morgan fingerprint density at radius 1 is 0.821 bits per heavy atom. The highest BCUT2D eigenvalue weighted by molar-refractivity contribution is 6.42.